The average molecular weight is 552 g/mol. The van der Waals surface area contributed by atoms with E-state index < -0.39 is 0 Å². The third-order valence-corrected chi connectivity index (χ3v) is 9.34. The number of aryl methyl sites for hydroxylation is 1. The van der Waals surface area contributed by atoms with E-state index in [2.05, 4.69) is 80.2 Å². The van der Waals surface area contributed by atoms with Crippen molar-refractivity contribution in [2.24, 2.45) is 0 Å². The molecule has 0 aliphatic carbocycles. The molecule has 0 N–H and O–H groups in total. The first-order chi connectivity index (χ1) is 15.7. The standard InChI is InChI=1S/C29H30OSe2/c1-3-4-11-28(32-27-14-9-6-10-15-27)22-25(20-21-31-26-12-7-5-8-13-26)29(30)24-18-16-23(2)17-19-24/h5-10,12-19H,3-4,11,20-21H2,1-2H3. The summed E-state index contributed by atoms with van der Waals surface area (Å²) in [5, 5.41) is 1.01. The average Bonchev–Trinajstić information content (AvgIpc) is 2.83. The monoisotopic (exact) mass is 554 g/mol. The van der Waals surface area contributed by atoms with Crippen molar-refractivity contribution in [3.8, 4) is 0 Å². The van der Waals surface area contributed by atoms with Crippen LogP contribution in [-0.4, -0.2) is 35.7 Å². The quantitative estimate of drug-likeness (QED) is 0.130. The molecule has 0 fully saturated rings. The molecule has 3 heteroatoms. The molecule has 0 saturated heterocycles. The normalized spacial score (nSPS) is 10.4. The predicted octanol–water partition coefficient (Wildman–Crippen LogP) is 5.64. The Morgan fingerprint density at radius 3 is 2.06 bits per heavy atom. The molecule has 3 aromatic carbocycles. The SMILES string of the molecule is CCCCC(=C=C(CC[Se]c1ccccc1)C(=O)c1ccc(C)cc1)[Se]c1ccccc1. The first-order valence-corrected chi connectivity index (χ1v) is 14.9. The van der Waals surface area contributed by atoms with E-state index in [1.54, 1.807) is 0 Å². The van der Waals surface area contributed by atoms with Gasteiger partial charge in [0.15, 0.2) is 0 Å². The molecule has 0 bridgehead atoms. The number of hydrogen-bond acceptors (Lipinski definition) is 1. The van der Waals surface area contributed by atoms with E-state index in [9.17, 15) is 4.79 Å². The maximum absolute atomic E-state index is 13.5. The molecule has 164 valence electrons. The van der Waals surface area contributed by atoms with Crippen molar-refractivity contribution in [2.75, 3.05) is 0 Å². The Hall–Kier alpha value is -2.11. The van der Waals surface area contributed by atoms with Crippen LogP contribution < -0.4 is 8.92 Å². The van der Waals surface area contributed by atoms with Crippen LogP contribution >= 0.6 is 0 Å². The maximum atomic E-state index is 13.5. The second kappa shape index (κ2) is 13.4. The summed E-state index contributed by atoms with van der Waals surface area (Å²) in [7, 11) is 0. The van der Waals surface area contributed by atoms with Gasteiger partial charge in [-0.15, -0.1) is 0 Å². The van der Waals surface area contributed by atoms with E-state index in [-0.39, 0.29) is 20.7 Å². The van der Waals surface area contributed by atoms with Crippen molar-refractivity contribution in [1.82, 2.24) is 0 Å². The van der Waals surface area contributed by atoms with Crippen LogP contribution in [0.15, 0.2) is 101 Å². The van der Waals surface area contributed by atoms with Gasteiger partial charge in [0.25, 0.3) is 0 Å². The molecule has 32 heavy (non-hydrogen) atoms. The Balaban J connectivity index is 1.91. The summed E-state index contributed by atoms with van der Waals surface area (Å²) in [6.07, 6.45) is 4.08. The van der Waals surface area contributed by atoms with Crippen molar-refractivity contribution in [1.29, 1.82) is 0 Å². The van der Waals surface area contributed by atoms with Crippen molar-refractivity contribution < 1.29 is 4.79 Å². The molecule has 0 aliphatic rings. The zero-order valence-corrected chi connectivity index (χ0v) is 22.3. The van der Waals surface area contributed by atoms with Gasteiger partial charge in [0.05, 0.1) is 0 Å². The summed E-state index contributed by atoms with van der Waals surface area (Å²) >= 11 is 0.551. The molecule has 0 saturated carbocycles. The van der Waals surface area contributed by atoms with Crippen LogP contribution in [0.2, 0.25) is 5.32 Å². The molecule has 3 aromatic rings. The fourth-order valence-electron chi connectivity index (χ4n) is 3.18. The van der Waals surface area contributed by atoms with Gasteiger partial charge in [-0.3, -0.25) is 0 Å². The molecule has 0 aliphatic heterocycles. The third-order valence-electron chi connectivity index (χ3n) is 4.98. The van der Waals surface area contributed by atoms with Gasteiger partial charge >= 0.3 is 206 Å². The number of carbonyl (C=O) groups excluding carboxylic acids is 1. The summed E-state index contributed by atoms with van der Waals surface area (Å²) in [6, 6.07) is 29.2. The zero-order valence-electron chi connectivity index (χ0n) is 18.8. The van der Waals surface area contributed by atoms with Gasteiger partial charge in [-0.05, 0) is 0 Å². The second-order valence-electron chi connectivity index (χ2n) is 7.65. The number of hydrogen-bond donors (Lipinski definition) is 0. The van der Waals surface area contributed by atoms with Crippen LogP contribution in [0.25, 0.3) is 0 Å². The van der Waals surface area contributed by atoms with E-state index in [0.717, 1.165) is 42.1 Å². The topological polar surface area (TPSA) is 17.1 Å². The fourth-order valence-corrected chi connectivity index (χ4v) is 7.14. The zero-order chi connectivity index (χ0) is 22.6. The van der Waals surface area contributed by atoms with Crippen LogP contribution in [0.3, 0.4) is 0 Å². The Morgan fingerprint density at radius 2 is 1.44 bits per heavy atom. The number of carbonyl (C=O) groups is 1. The van der Waals surface area contributed by atoms with Gasteiger partial charge in [0, 0.05) is 0 Å². The van der Waals surface area contributed by atoms with Gasteiger partial charge in [-0.1, -0.05) is 0 Å². The fraction of sp³-hybridized carbons (Fsp3) is 0.241. The first-order valence-electron chi connectivity index (χ1n) is 11.2. The van der Waals surface area contributed by atoms with Crippen molar-refractivity contribution in [3.05, 3.63) is 112 Å². The minimum atomic E-state index is 0.131. The van der Waals surface area contributed by atoms with Gasteiger partial charge in [-0.2, -0.15) is 0 Å². The Bertz CT molecular complexity index is 1050. The summed E-state index contributed by atoms with van der Waals surface area (Å²) in [5.41, 5.74) is 6.44. The second-order valence-corrected chi connectivity index (χ2v) is 12.6. The molecule has 0 atom stereocenters. The summed E-state index contributed by atoms with van der Waals surface area (Å²) in [4.78, 5) is 13.5. The van der Waals surface area contributed by atoms with Crippen LogP contribution in [-0.2, 0) is 0 Å². The summed E-state index contributed by atoms with van der Waals surface area (Å²) < 4.78 is 4.02. The first kappa shape index (κ1) is 24.5. The molecule has 0 aromatic heterocycles. The molecule has 0 radical (unpaired) electrons. The number of unbranched alkanes of at least 4 members (excludes halogenated alkanes) is 1. The molecule has 0 amide bonds. The van der Waals surface area contributed by atoms with Crippen LogP contribution in [0.4, 0.5) is 0 Å². The Kier molecular flexibility index (Phi) is 10.3. The van der Waals surface area contributed by atoms with Crippen LogP contribution in [0.5, 0.6) is 0 Å². The Labute approximate surface area is 205 Å². The van der Waals surface area contributed by atoms with E-state index in [4.69, 9.17) is 0 Å². The van der Waals surface area contributed by atoms with Gasteiger partial charge in [0.2, 0.25) is 0 Å². The number of ketones is 1. The molecular formula is C29H30OSe2. The number of rotatable bonds is 11. The minimum absolute atomic E-state index is 0.131. The van der Waals surface area contributed by atoms with Gasteiger partial charge in [0.1, 0.15) is 0 Å². The van der Waals surface area contributed by atoms with E-state index in [1.165, 1.54) is 19.0 Å². The number of benzene rings is 3. The molecular weight excluding hydrogens is 522 g/mol. The van der Waals surface area contributed by atoms with Crippen LogP contribution in [0, 0.1) is 6.92 Å². The van der Waals surface area contributed by atoms with Crippen LogP contribution in [0.1, 0.15) is 48.5 Å². The van der Waals surface area contributed by atoms with Gasteiger partial charge in [-0.25, -0.2) is 0 Å². The Morgan fingerprint density at radius 1 is 0.812 bits per heavy atom. The van der Waals surface area contributed by atoms with Gasteiger partial charge < -0.3 is 0 Å². The predicted molar refractivity (Wildman–Crippen MR) is 139 cm³/mol. The molecule has 0 heterocycles. The summed E-state index contributed by atoms with van der Waals surface area (Å²) in [6.45, 7) is 4.27. The summed E-state index contributed by atoms with van der Waals surface area (Å²) in [5.74, 6) is 0.131. The van der Waals surface area contributed by atoms with E-state index >= 15 is 0 Å². The molecule has 3 rings (SSSR count). The molecule has 1 nitrogen and oxygen atoms in total. The third kappa shape index (κ3) is 8.10. The van der Waals surface area contributed by atoms with E-state index in [0.29, 0.717) is 15.0 Å². The molecule has 0 spiro atoms. The van der Waals surface area contributed by atoms with Crippen molar-refractivity contribution in [3.63, 3.8) is 0 Å². The van der Waals surface area contributed by atoms with E-state index in [1.807, 2.05) is 24.3 Å². The number of allylic oxidation sites excluding steroid dienone is 1. The van der Waals surface area contributed by atoms with Crippen molar-refractivity contribution >= 4 is 44.6 Å². The van der Waals surface area contributed by atoms with Crippen molar-refractivity contribution in [2.45, 2.75) is 44.9 Å². The number of Topliss-reactive ketones (excluding diaryl/α,β-unsaturated/α-hetero) is 1. The molecule has 0 unspecified atom stereocenters.